The van der Waals surface area contributed by atoms with Crippen LogP contribution >= 0.6 is 0 Å². The molecule has 1 aliphatic carbocycles. The minimum absolute atomic E-state index is 0.147. The lowest BCUT2D eigenvalue weighted by molar-refractivity contribution is -0.137. The molecule has 1 atom stereocenters. The van der Waals surface area contributed by atoms with Crippen LogP contribution in [0.5, 0.6) is 0 Å². The van der Waals surface area contributed by atoms with Crippen molar-refractivity contribution in [2.24, 2.45) is 5.92 Å². The summed E-state index contributed by atoms with van der Waals surface area (Å²) >= 11 is 0. The van der Waals surface area contributed by atoms with Gasteiger partial charge in [0.1, 0.15) is 6.33 Å². The van der Waals surface area contributed by atoms with Crippen LogP contribution in [0, 0.1) is 11.7 Å². The highest BCUT2D eigenvalue weighted by atomic mass is 32.2. The second-order valence-corrected chi connectivity index (χ2v) is 11.8. The normalized spacial score (nSPS) is 18.4. The summed E-state index contributed by atoms with van der Waals surface area (Å²) in [6.07, 6.45) is 1.04. The van der Waals surface area contributed by atoms with Crippen molar-refractivity contribution in [2.75, 3.05) is 17.2 Å². The molecule has 2 aliphatic rings. The molecule has 2 heterocycles. The van der Waals surface area contributed by atoms with E-state index in [9.17, 15) is 21.6 Å². The van der Waals surface area contributed by atoms with Gasteiger partial charge < -0.3 is 4.90 Å². The van der Waals surface area contributed by atoms with Crippen LogP contribution in [0.2, 0.25) is 0 Å². The van der Waals surface area contributed by atoms with Gasteiger partial charge in [-0.25, -0.2) is 22.8 Å². The first-order valence-corrected chi connectivity index (χ1v) is 14.0. The summed E-state index contributed by atoms with van der Waals surface area (Å²) < 4.78 is 79.2. The van der Waals surface area contributed by atoms with E-state index in [2.05, 4.69) is 9.97 Å². The van der Waals surface area contributed by atoms with Gasteiger partial charge in [0, 0.05) is 6.54 Å². The van der Waals surface area contributed by atoms with Crippen LogP contribution < -0.4 is 4.90 Å². The Hall–Kier alpha value is -3.01. The topological polar surface area (TPSA) is 63.2 Å². The Balaban J connectivity index is 1.28. The quantitative estimate of drug-likeness (QED) is 0.335. The molecule has 0 spiro atoms. The number of aryl methyl sites for hydroxylation is 2. The molecule has 3 aromatic rings. The second kappa shape index (κ2) is 10.0. The fourth-order valence-corrected chi connectivity index (χ4v) is 6.55. The molecule has 1 saturated carbocycles. The van der Waals surface area contributed by atoms with Gasteiger partial charge in [-0.15, -0.1) is 0 Å². The Bertz CT molecular complexity index is 1360. The summed E-state index contributed by atoms with van der Waals surface area (Å²) in [6.45, 7) is 0.538. The van der Waals surface area contributed by atoms with Gasteiger partial charge >= 0.3 is 6.18 Å². The molecule has 2 aromatic carbocycles. The fraction of sp³-hybridized carbons (Fsp3) is 0.407. The van der Waals surface area contributed by atoms with Gasteiger partial charge in [0.05, 0.1) is 27.9 Å². The van der Waals surface area contributed by atoms with E-state index in [1.807, 2.05) is 0 Å². The predicted octanol–water partition coefficient (Wildman–Crippen LogP) is 5.94. The molecule has 5 nitrogen and oxygen atoms in total. The van der Waals surface area contributed by atoms with Crippen molar-refractivity contribution in [1.29, 1.82) is 0 Å². The van der Waals surface area contributed by atoms with Gasteiger partial charge in [0.2, 0.25) is 0 Å². The van der Waals surface area contributed by atoms with E-state index in [4.69, 9.17) is 0 Å². The Kier molecular flexibility index (Phi) is 6.95. The minimum atomic E-state index is -4.41. The number of nitrogens with zero attached hydrogens (tertiary/aromatic N) is 3. The van der Waals surface area contributed by atoms with Gasteiger partial charge in [-0.2, -0.15) is 13.2 Å². The number of hydrogen-bond acceptors (Lipinski definition) is 5. The van der Waals surface area contributed by atoms with Crippen LogP contribution in [0.3, 0.4) is 0 Å². The third-order valence-electron chi connectivity index (χ3n) is 7.08. The first kappa shape index (κ1) is 25.6. The SMILES string of the molecule is O=S(=O)(CC1CC1)c1ccc(CCc2ncnc(N3CCC[C@@H]3c3ccc(C(F)(F)F)cc3)c2F)cc1. The number of aromatic nitrogens is 2. The molecule has 0 amide bonds. The van der Waals surface area contributed by atoms with E-state index in [1.165, 1.54) is 18.5 Å². The second-order valence-electron chi connectivity index (χ2n) is 9.80. The molecule has 5 rings (SSSR count). The molecule has 10 heteroatoms. The highest BCUT2D eigenvalue weighted by Gasteiger charge is 2.33. The van der Waals surface area contributed by atoms with Crippen LogP contribution in [0.1, 0.15) is 54.1 Å². The number of halogens is 4. The lowest BCUT2D eigenvalue weighted by Crippen LogP contribution is -2.25. The molecule has 1 saturated heterocycles. The molecule has 1 aliphatic heterocycles. The van der Waals surface area contributed by atoms with E-state index in [1.54, 1.807) is 29.2 Å². The molecule has 0 radical (unpaired) electrons. The summed E-state index contributed by atoms with van der Waals surface area (Å²) in [4.78, 5) is 10.4. The average Bonchev–Trinajstić information content (AvgIpc) is 3.54. The van der Waals surface area contributed by atoms with Crippen molar-refractivity contribution in [3.8, 4) is 0 Å². The van der Waals surface area contributed by atoms with Crippen LogP contribution in [0.15, 0.2) is 59.8 Å². The highest BCUT2D eigenvalue weighted by Crippen LogP contribution is 2.38. The summed E-state index contributed by atoms with van der Waals surface area (Å²) in [5.74, 6) is 0.0681. The molecular weight excluding hydrogens is 506 g/mol. The largest absolute Gasteiger partial charge is 0.416 e. The van der Waals surface area contributed by atoms with Crippen LogP contribution in [-0.2, 0) is 28.9 Å². The molecule has 37 heavy (non-hydrogen) atoms. The van der Waals surface area contributed by atoms with E-state index >= 15 is 4.39 Å². The van der Waals surface area contributed by atoms with Crippen molar-refractivity contribution < 1.29 is 26.0 Å². The summed E-state index contributed by atoms with van der Waals surface area (Å²) in [5.41, 5.74) is 1.08. The Labute approximate surface area is 213 Å². The molecule has 0 N–H and O–H groups in total. The number of benzene rings is 2. The van der Waals surface area contributed by atoms with E-state index < -0.39 is 27.4 Å². The van der Waals surface area contributed by atoms with Gasteiger partial charge in [-0.05, 0) is 79.8 Å². The highest BCUT2D eigenvalue weighted by molar-refractivity contribution is 7.91. The van der Waals surface area contributed by atoms with Gasteiger partial charge in [0.25, 0.3) is 0 Å². The number of anilines is 1. The van der Waals surface area contributed by atoms with Crippen molar-refractivity contribution in [3.63, 3.8) is 0 Å². The Morgan fingerprint density at radius 2 is 1.62 bits per heavy atom. The molecular formula is C27H27F4N3O2S. The zero-order valence-electron chi connectivity index (χ0n) is 20.1. The molecule has 1 aromatic heterocycles. The maximum absolute atomic E-state index is 15.5. The zero-order valence-corrected chi connectivity index (χ0v) is 20.9. The average molecular weight is 534 g/mol. The lowest BCUT2D eigenvalue weighted by atomic mass is 10.0. The number of rotatable bonds is 8. The fourth-order valence-electron chi connectivity index (χ4n) is 4.85. The van der Waals surface area contributed by atoms with Crippen LogP contribution in [0.4, 0.5) is 23.4 Å². The van der Waals surface area contributed by atoms with Crippen molar-refractivity contribution in [3.05, 3.63) is 83.1 Å². The van der Waals surface area contributed by atoms with Crippen LogP contribution in [0.25, 0.3) is 0 Å². The smallest absolute Gasteiger partial charge is 0.347 e. The minimum Gasteiger partial charge on any atom is -0.347 e. The maximum atomic E-state index is 15.5. The third kappa shape index (κ3) is 5.79. The number of hydrogen-bond donors (Lipinski definition) is 0. The predicted molar refractivity (Wildman–Crippen MR) is 131 cm³/mol. The van der Waals surface area contributed by atoms with Crippen molar-refractivity contribution in [1.82, 2.24) is 9.97 Å². The molecule has 0 unspecified atom stereocenters. The van der Waals surface area contributed by atoms with E-state index in [0.717, 1.165) is 37.0 Å². The number of sulfone groups is 1. The first-order chi connectivity index (χ1) is 17.6. The Morgan fingerprint density at radius 1 is 0.919 bits per heavy atom. The summed E-state index contributed by atoms with van der Waals surface area (Å²) in [6, 6.07) is 11.4. The Morgan fingerprint density at radius 3 is 2.27 bits per heavy atom. The lowest BCUT2D eigenvalue weighted by Gasteiger charge is -2.27. The first-order valence-electron chi connectivity index (χ1n) is 12.4. The van der Waals surface area contributed by atoms with E-state index in [0.29, 0.717) is 36.3 Å². The standard InChI is InChI=1S/C27H27F4N3O2S/c28-25-23(14-7-18-5-12-22(13-6-18)37(35,36)16-19-3-4-19)32-17-33-26(25)34-15-1-2-24(34)20-8-10-21(11-9-20)27(29,30)31/h5-6,8-13,17,19,24H,1-4,7,14-16H2/t24-/m1/s1. The molecule has 2 fully saturated rings. The monoisotopic (exact) mass is 533 g/mol. The summed E-state index contributed by atoms with van der Waals surface area (Å²) in [7, 11) is -3.28. The van der Waals surface area contributed by atoms with Crippen molar-refractivity contribution >= 4 is 15.7 Å². The third-order valence-corrected chi connectivity index (χ3v) is 8.98. The van der Waals surface area contributed by atoms with Gasteiger partial charge in [0.15, 0.2) is 21.5 Å². The molecule has 196 valence electrons. The van der Waals surface area contributed by atoms with Gasteiger partial charge in [-0.1, -0.05) is 24.3 Å². The maximum Gasteiger partial charge on any atom is 0.416 e. The van der Waals surface area contributed by atoms with Crippen LogP contribution in [-0.4, -0.2) is 30.7 Å². The van der Waals surface area contributed by atoms with Gasteiger partial charge in [-0.3, -0.25) is 0 Å². The molecule has 0 bridgehead atoms. The summed E-state index contributed by atoms with van der Waals surface area (Å²) in [5, 5.41) is 0. The zero-order chi connectivity index (χ0) is 26.2. The van der Waals surface area contributed by atoms with Crippen molar-refractivity contribution in [2.45, 2.75) is 55.6 Å². The number of alkyl halides is 3. The van der Waals surface area contributed by atoms with E-state index in [-0.39, 0.29) is 29.2 Å².